The predicted octanol–water partition coefficient (Wildman–Crippen LogP) is 7.83. The van der Waals surface area contributed by atoms with Gasteiger partial charge in [0.1, 0.15) is 9.79 Å². The van der Waals surface area contributed by atoms with Gasteiger partial charge in [0.2, 0.25) is 0 Å². The normalized spacial score (nSPS) is 12.0. The molecule has 258 valence electrons. The van der Waals surface area contributed by atoms with E-state index in [0.717, 1.165) is 7.11 Å². The maximum atomic E-state index is 12.8. The molecular formula is C29H22BrCl2F3N6O6S2. The SMILES string of the molecule is COc1cc(Br)cnc1NS(=O)(=O)c1c[nH]c2cc(Cl)ccc12.COc1cc(C(F)(F)F)cnc1NS(=O)(=O)c1c[nH]c2cc(Cl)ccc12. The Hall–Kier alpha value is -4.23. The van der Waals surface area contributed by atoms with Crippen molar-refractivity contribution in [1.82, 2.24) is 19.9 Å². The number of rotatable bonds is 8. The quantitative estimate of drug-likeness (QED) is 0.121. The average molecular weight is 822 g/mol. The number of alkyl halides is 3. The molecule has 0 aliphatic heterocycles. The smallest absolute Gasteiger partial charge is 0.418 e. The molecule has 4 heterocycles. The molecule has 0 fully saturated rings. The zero-order chi connectivity index (χ0) is 35.7. The first-order chi connectivity index (χ1) is 23.0. The Balaban J connectivity index is 0.000000192. The Morgan fingerprint density at radius 1 is 0.735 bits per heavy atom. The molecule has 0 aliphatic rings. The third-order valence-corrected chi connectivity index (χ3v) is 10.4. The summed E-state index contributed by atoms with van der Waals surface area (Å²) in [5.74, 6) is -0.292. The highest BCUT2D eigenvalue weighted by Crippen LogP contribution is 2.35. The van der Waals surface area contributed by atoms with Gasteiger partial charge in [-0.3, -0.25) is 9.44 Å². The molecular weight excluding hydrogens is 800 g/mol. The third kappa shape index (κ3) is 7.99. The number of nitrogens with zero attached hydrogens (tertiary/aromatic N) is 2. The second-order valence-corrected chi connectivity index (χ2v) is 15.0. The topological polar surface area (TPSA) is 168 Å². The first kappa shape index (κ1) is 36.1. The van der Waals surface area contributed by atoms with Crippen LogP contribution in [0, 0.1) is 0 Å². The molecule has 12 nitrogen and oxygen atoms in total. The van der Waals surface area contributed by atoms with Crippen molar-refractivity contribution in [2.24, 2.45) is 0 Å². The first-order valence-corrected chi connectivity index (χ1v) is 17.9. The van der Waals surface area contributed by atoms with Crippen molar-refractivity contribution in [1.29, 1.82) is 0 Å². The van der Waals surface area contributed by atoms with Crippen LogP contribution in [0.4, 0.5) is 24.8 Å². The Bertz CT molecular complexity index is 2410. The molecule has 4 N–H and O–H groups in total. The van der Waals surface area contributed by atoms with Crippen molar-refractivity contribution in [2.75, 3.05) is 23.7 Å². The number of H-pyrrole nitrogens is 2. The van der Waals surface area contributed by atoms with E-state index < -0.39 is 31.8 Å². The van der Waals surface area contributed by atoms with E-state index in [1.807, 2.05) is 0 Å². The fraction of sp³-hybridized carbons (Fsp3) is 0.103. The molecule has 0 bridgehead atoms. The summed E-state index contributed by atoms with van der Waals surface area (Å²) in [5.41, 5.74) is 0.0675. The lowest BCUT2D eigenvalue weighted by atomic mass is 10.2. The summed E-state index contributed by atoms with van der Waals surface area (Å²) >= 11 is 15.0. The molecule has 20 heteroatoms. The van der Waals surface area contributed by atoms with Gasteiger partial charge in [-0.2, -0.15) is 13.2 Å². The number of aromatic amines is 2. The highest BCUT2D eigenvalue weighted by molar-refractivity contribution is 9.10. The van der Waals surface area contributed by atoms with Gasteiger partial charge < -0.3 is 19.4 Å². The summed E-state index contributed by atoms with van der Waals surface area (Å²) in [4.78, 5) is 13.3. The maximum Gasteiger partial charge on any atom is 0.418 e. The van der Waals surface area contributed by atoms with Crippen molar-refractivity contribution in [3.63, 3.8) is 0 Å². The molecule has 49 heavy (non-hydrogen) atoms. The summed E-state index contributed by atoms with van der Waals surface area (Å²) in [6.07, 6.45) is 0.0348. The summed E-state index contributed by atoms with van der Waals surface area (Å²) < 4.78 is 104. The average Bonchev–Trinajstić information content (AvgIpc) is 3.66. The Labute approximate surface area is 295 Å². The molecule has 0 saturated heterocycles. The molecule has 0 unspecified atom stereocenters. The number of pyridine rings is 2. The van der Waals surface area contributed by atoms with Gasteiger partial charge in [0.05, 0.1) is 19.8 Å². The number of fused-ring (bicyclic) bond motifs is 2. The standard InChI is InChI=1S/C15H11ClF3N3O3S.C14H11BrClN3O3S/c1-25-12-4-8(15(17,18)19)6-21-14(12)22-26(23,24)13-7-20-11-5-9(16)2-3-10(11)13;1-22-12-4-8(15)6-18-14(12)19-23(20,21)13-7-17-11-5-9(16)2-3-10(11)13/h2-7,20H,1H3,(H,21,22);2-7,17H,1H3,(H,18,19). The van der Waals surface area contributed by atoms with Crippen LogP contribution in [0.1, 0.15) is 5.56 Å². The highest BCUT2D eigenvalue weighted by atomic mass is 79.9. The van der Waals surface area contributed by atoms with Gasteiger partial charge in [-0.05, 0) is 64.5 Å². The fourth-order valence-electron chi connectivity index (χ4n) is 4.44. The van der Waals surface area contributed by atoms with Crippen LogP contribution in [-0.2, 0) is 26.2 Å². The summed E-state index contributed by atoms with van der Waals surface area (Å²) in [7, 11) is -5.42. The summed E-state index contributed by atoms with van der Waals surface area (Å²) in [6.45, 7) is 0. The van der Waals surface area contributed by atoms with Gasteiger partial charge >= 0.3 is 6.18 Å². The maximum absolute atomic E-state index is 12.8. The molecule has 2 aromatic carbocycles. The number of halogens is 6. The molecule has 0 amide bonds. The second-order valence-electron chi connectivity index (χ2n) is 9.87. The van der Waals surface area contributed by atoms with Crippen molar-refractivity contribution in [3.8, 4) is 11.5 Å². The number of sulfonamides is 2. The Kier molecular flexibility index (Phi) is 10.3. The zero-order valence-corrected chi connectivity index (χ0v) is 29.6. The lowest BCUT2D eigenvalue weighted by molar-refractivity contribution is -0.137. The largest absolute Gasteiger partial charge is 0.493 e. The molecule has 0 saturated carbocycles. The Morgan fingerprint density at radius 3 is 1.63 bits per heavy atom. The number of hydrogen-bond acceptors (Lipinski definition) is 8. The summed E-state index contributed by atoms with van der Waals surface area (Å²) in [5, 5.41) is 1.85. The van der Waals surface area contributed by atoms with Crippen molar-refractivity contribution in [2.45, 2.75) is 16.0 Å². The third-order valence-electron chi connectivity index (χ3n) is 6.69. The molecule has 6 aromatic rings. The molecule has 0 aliphatic carbocycles. The van der Waals surface area contributed by atoms with Crippen LogP contribution in [0.3, 0.4) is 0 Å². The van der Waals surface area contributed by atoms with Crippen molar-refractivity contribution >= 4 is 92.6 Å². The number of aromatic nitrogens is 4. The van der Waals surface area contributed by atoms with Gasteiger partial charge in [0.25, 0.3) is 20.0 Å². The van der Waals surface area contributed by atoms with Crippen molar-refractivity contribution < 1.29 is 39.5 Å². The van der Waals surface area contributed by atoms with Crippen LogP contribution in [0.15, 0.2) is 87.6 Å². The van der Waals surface area contributed by atoms with E-state index >= 15 is 0 Å². The molecule has 0 atom stereocenters. The van der Waals surface area contributed by atoms with Gasteiger partial charge in [-0.15, -0.1) is 0 Å². The highest BCUT2D eigenvalue weighted by Gasteiger charge is 2.33. The second kappa shape index (κ2) is 13.9. The van der Waals surface area contributed by atoms with E-state index in [1.54, 1.807) is 30.3 Å². The summed E-state index contributed by atoms with van der Waals surface area (Å²) in [6, 6.07) is 11.8. The number of ether oxygens (including phenoxy) is 2. The number of anilines is 2. The van der Waals surface area contributed by atoms with Crippen LogP contribution in [0.25, 0.3) is 21.8 Å². The molecule has 0 radical (unpaired) electrons. The minimum atomic E-state index is -4.63. The first-order valence-electron chi connectivity index (χ1n) is 13.4. The van der Waals surface area contributed by atoms with Crippen LogP contribution in [0.2, 0.25) is 10.0 Å². The van der Waals surface area contributed by atoms with Gasteiger partial charge in [0, 0.05) is 61.1 Å². The van der Waals surface area contributed by atoms with Crippen molar-refractivity contribution in [3.05, 3.63) is 93.4 Å². The minimum absolute atomic E-state index is 0.104. The molecule has 0 spiro atoms. The Morgan fingerprint density at radius 2 is 1.18 bits per heavy atom. The van der Waals surface area contributed by atoms with E-state index in [1.165, 1.54) is 37.8 Å². The fourth-order valence-corrected chi connectivity index (χ4v) is 7.49. The van der Waals surface area contributed by atoms with Crippen LogP contribution >= 0.6 is 39.1 Å². The molecule has 6 rings (SSSR count). The number of benzene rings is 2. The number of hydrogen-bond donors (Lipinski definition) is 4. The van der Waals surface area contributed by atoms with Gasteiger partial charge in [0.15, 0.2) is 23.1 Å². The zero-order valence-electron chi connectivity index (χ0n) is 24.9. The van der Waals surface area contributed by atoms with Crippen LogP contribution in [0.5, 0.6) is 11.5 Å². The van der Waals surface area contributed by atoms with E-state index in [0.29, 0.717) is 54.3 Å². The number of methoxy groups -OCH3 is 2. The van der Waals surface area contributed by atoms with E-state index in [-0.39, 0.29) is 27.2 Å². The van der Waals surface area contributed by atoms with Crippen LogP contribution in [-0.4, -0.2) is 51.0 Å². The monoisotopic (exact) mass is 820 g/mol. The number of nitrogens with one attached hydrogen (secondary N) is 4. The van der Waals surface area contributed by atoms with E-state index in [9.17, 15) is 30.0 Å². The predicted molar refractivity (Wildman–Crippen MR) is 183 cm³/mol. The minimum Gasteiger partial charge on any atom is -0.493 e. The van der Waals surface area contributed by atoms with E-state index in [2.05, 4.69) is 45.3 Å². The molecule has 4 aromatic heterocycles. The van der Waals surface area contributed by atoms with E-state index in [4.69, 9.17) is 32.7 Å². The van der Waals surface area contributed by atoms with Gasteiger partial charge in [-0.1, -0.05) is 23.2 Å². The van der Waals surface area contributed by atoms with Gasteiger partial charge in [-0.25, -0.2) is 26.8 Å². The lowest BCUT2D eigenvalue weighted by Gasteiger charge is -2.13. The lowest BCUT2D eigenvalue weighted by Crippen LogP contribution is -2.15. The van der Waals surface area contributed by atoms with Crippen LogP contribution < -0.4 is 18.9 Å².